The normalized spacial score (nSPS) is 15.8. The molecule has 1 aromatic heterocycles. The number of rotatable bonds is 3. The van der Waals surface area contributed by atoms with Crippen molar-refractivity contribution in [2.45, 2.75) is 5.16 Å². The van der Waals surface area contributed by atoms with E-state index in [2.05, 4.69) is 9.97 Å². The number of aromatic nitrogens is 2. The smallest absolute Gasteiger partial charge is 0.274 e. The molecule has 1 amide bonds. The first kappa shape index (κ1) is 12.6. The highest BCUT2D eigenvalue weighted by Gasteiger charge is 2.32. The van der Waals surface area contributed by atoms with Crippen LogP contribution in [0.15, 0.2) is 11.4 Å². The molecule has 0 atom stereocenters. The number of amides is 1. The Morgan fingerprint density at radius 2 is 2.41 bits per heavy atom. The van der Waals surface area contributed by atoms with Gasteiger partial charge >= 0.3 is 0 Å². The summed E-state index contributed by atoms with van der Waals surface area (Å²) in [6, 6.07) is 0. The monoisotopic (exact) mass is 273 g/mol. The maximum Gasteiger partial charge on any atom is 0.274 e. The van der Waals surface area contributed by atoms with Crippen molar-refractivity contribution < 1.29 is 9.90 Å². The van der Waals surface area contributed by atoms with Gasteiger partial charge in [-0.2, -0.15) is 0 Å². The van der Waals surface area contributed by atoms with Crippen LogP contribution in [0.5, 0.6) is 0 Å². The third-order valence-corrected chi connectivity index (χ3v) is 3.45. The molecule has 92 valence electrons. The van der Waals surface area contributed by atoms with Crippen molar-refractivity contribution in [3.63, 3.8) is 0 Å². The van der Waals surface area contributed by atoms with Crippen LogP contribution in [0.25, 0.3) is 0 Å². The van der Waals surface area contributed by atoms with Crippen LogP contribution in [0.2, 0.25) is 5.02 Å². The van der Waals surface area contributed by atoms with Gasteiger partial charge in [-0.05, 0) is 6.26 Å². The van der Waals surface area contributed by atoms with Crippen LogP contribution in [0, 0.1) is 5.92 Å². The largest absolute Gasteiger partial charge is 0.396 e. The van der Waals surface area contributed by atoms with Crippen molar-refractivity contribution >= 4 is 29.3 Å². The first-order chi connectivity index (χ1) is 8.15. The Labute approximate surface area is 108 Å². The van der Waals surface area contributed by atoms with Gasteiger partial charge in [-0.15, -0.1) is 0 Å². The summed E-state index contributed by atoms with van der Waals surface area (Å²) in [5.41, 5.74) is 0.238. The Hall–Kier alpha value is -0.850. The Morgan fingerprint density at radius 1 is 1.71 bits per heavy atom. The average Bonchev–Trinajstić information content (AvgIpc) is 2.28. The van der Waals surface area contributed by atoms with E-state index in [9.17, 15) is 4.79 Å². The zero-order valence-corrected chi connectivity index (χ0v) is 10.8. The summed E-state index contributed by atoms with van der Waals surface area (Å²) in [5.74, 6) is -0.0167. The third kappa shape index (κ3) is 2.53. The van der Waals surface area contributed by atoms with Gasteiger partial charge in [0.2, 0.25) is 0 Å². The fourth-order valence-electron chi connectivity index (χ4n) is 1.60. The molecule has 0 bridgehead atoms. The average molecular weight is 274 g/mol. The first-order valence-electron chi connectivity index (χ1n) is 5.12. The summed E-state index contributed by atoms with van der Waals surface area (Å²) in [7, 11) is 0. The molecule has 1 aliphatic rings. The molecule has 1 aliphatic heterocycles. The molecule has 2 rings (SSSR count). The molecule has 17 heavy (non-hydrogen) atoms. The van der Waals surface area contributed by atoms with E-state index in [-0.39, 0.29) is 29.1 Å². The van der Waals surface area contributed by atoms with E-state index in [1.54, 1.807) is 4.90 Å². The quantitative estimate of drug-likeness (QED) is 0.655. The van der Waals surface area contributed by atoms with Crippen LogP contribution < -0.4 is 0 Å². The van der Waals surface area contributed by atoms with E-state index < -0.39 is 0 Å². The Bertz CT molecular complexity index is 438. The van der Waals surface area contributed by atoms with Gasteiger partial charge in [0.1, 0.15) is 0 Å². The number of aliphatic hydroxyl groups is 1. The van der Waals surface area contributed by atoms with Crippen molar-refractivity contribution in [3.8, 4) is 0 Å². The molecule has 7 heteroatoms. The Kier molecular flexibility index (Phi) is 3.86. The van der Waals surface area contributed by atoms with Gasteiger partial charge in [-0.3, -0.25) is 4.79 Å². The summed E-state index contributed by atoms with van der Waals surface area (Å²) in [6.07, 6.45) is 3.28. The number of nitrogens with zero attached hydrogens (tertiary/aromatic N) is 3. The lowest BCUT2D eigenvalue weighted by molar-refractivity contribution is 0.0356. The zero-order chi connectivity index (χ0) is 12.4. The summed E-state index contributed by atoms with van der Waals surface area (Å²) in [5, 5.41) is 9.69. The molecule has 1 aromatic rings. The number of carbonyl (C=O) groups excluding carboxylic acids is 1. The zero-order valence-electron chi connectivity index (χ0n) is 9.26. The van der Waals surface area contributed by atoms with Gasteiger partial charge in [0.05, 0.1) is 11.2 Å². The molecule has 0 aromatic carbocycles. The predicted octanol–water partition coefficient (Wildman–Crippen LogP) is 0.916. The summed E-state index contributed by atoms with van der Waals surface area (Å²) >= 11 is 7.27. The fraction of sp³-hybridized carbons (Fsp3) is 0.500. The predicted molar refractivity (Wildman–Crippen MR) is 65.3 cm³/mol. The second-order valence-corrected chi connectivity index (χ2v) is 4.99. The lowest BCUT2D eigenvalue weighted by atomic mass is 10.0. The van der Waals surface area contributed by atoms with Gasteiger partial charge in [0, 0.05) is 25.6 Å². The van der Waals surface area contributed by atoms with Gasteiger partial charge in [0.15, 0.2) is 10.9 Å². The van der Waals surface area contributed by atoms with Gasteiger partial charge in [-0.1, -0.05) is 23.4 Å². The van der Waals surface area contributed by atoms with E-state index >= 15 is 0 Å². The van der Waals surface area contributed by atoms with Crippen LogP contribution in [-0.4, -0.2) is 51.8 Å². The van der Waals surface area contributed by atoms with Crippen molar-refractivity contribution in [2.24, 2.45) is 5.92 Å². The number of thioether (sulfide) groups is 1. The summed E-state index contributed by atoms with van der Waals surface area (Å²) in [6.45, 7) is 1.23. The number of halogens is 1. The molecule has 1 saturated heterocycles. The molecular formula is C10H12ClN3O2S. The van der Waals surface area contributed by atoms with Crippen LogP contribution in [0.4, 0.5) is 0 Å². The topological polar surface area (TPSA) is 66.3 Å². The lowest BCUT2D eigenvalue weighted by Crippen LogP contribution is -2.51. The third-order valence-electron chi connectivity index (χ3n) is 2.61. The minimum absolute atomic E-state index is 0.108. The van der Waals surface area contributed by atoms with Crippen molar-refractivity contribution in [1.29, 1.82) is 0 Å². The van der Waals surface area contributed by atoms with E-state index in [0.29, 0.717) is 18.2 Å². The fourth-order valence-corrected chi connectivity index (χ4v) is 2.11. The van der Waals surface area contributed by atoms with Crippen molar-refractivity contribution in [3.05, 3.63) is 16.9 Å². The highest BCUT2D eigenvalue weighted by Crippen LogP contribution is 2.22. The van der Waals surface area contributed by atoms with Crippen LogP contribution in [0.3, 0.4) is 0 Å². The van der Waals surface area contributed by atoms with E-state index in [0.717, 1.165) is 0 Å². The maximum absolute atomic E-state index is 12.0. The highest BCUT2D eigenvalue weighted by atomic mass is 35.5. The number of likely N-dealkylation sites (tertiary alicyclic amines) is 1. The lowest BCUT2D eigenvalue weighted by Gasteiger charge is -2.38. The molecular weight excluding hydrogens is 262 g/mol. The number of aliphatic hydroxyl groups excluding tert-OH is 1. The first-order valence-corrected chi connectivity index (χ1v) is 6.72. The molecule has 0 unspecified atom stereocenters. The van der Waals surface area contributed by atoms with Gasteiger partial charge < -0.3 is 10.0 Å². The van der Waals surface area contributed by atoms with E-state index in [1.807, 2.05) is 6.26 Å². The van der Waals surface area contributed by atoms with Crippen LogP contribution >= 0.6 is 23.4 Å². The summed E-state index contributed by atoms with van der Waals surface area (Å²) < 4.78 is 0. The maximum atomic E-state index is 12.0. The van der Waals surface area contributed by atoms with Crippen molar-refractivity contribution in [2.75, 3.05) is 26.0 Å². The number of carbonyl (C=O) groups is 1. The molecule has 0 radical (unpaired) electrons. The Morgan fingerprint density at radius 3 is 3.00 bits per heavy atom. The standard InChI is InChI=1S/C10H12ClN3O2S/c1-17-10-12-2-7(11)8(13-10)9(16)14-3-6(4-14)5-15/h2,6,15H,3-5H2,1H3. The Balaban J connectivity index is 2.14. The SMILES string of the molecule is CSc1ncc(Cl)c(C(=O)N2CC(CO)C2)n1. The second kappa shape index (κ2) is 5.20. The second-order valence-electron chi connectivity index (χ2n) is 3.81. The van der Waals surface area contributed by atoms with E-state index in [4.69, 9.17) is 16.7 Å². The molecule has 1 fully saturated rings. The van der Waals surface area contributed by atoms with Crippen LogP contribution in [0.1, 0.15) is 10.5 Å². The molecule has 0 saturated carbocycles. The molecule has 1 N–H and O–H groups in total. The summed E-state index contributed by atoms with van der Waals surface area (Å²) in [4.78, 5) is 21.8. The molecule has 2 heterocycles. The number of hydrogen-bond acceptors (Lipinski definition) is 5. The number of hydrogen-bond donors (Lipinski definition) is 1. The van der Waals surface area contributed by atoms with E-state index in [1.165, 1.54) is 18.0 Å². The minimum atomic E-state index is -0.197. The van der Waals surface area contributed by atoms with Gasteiger partial charge in [0.25, 0.3) is 5.91 Å². The highest BCUT2D eigenvalue weighted by molar-refractivity contribution is 7.98. The molecule has 5 nitrogen and oxygen atoms in total. The molecule has 0 aliphatic carbocycles. The minimum Gasteiger partial charge on any atom is -0.396 e. The van der Waals surface area contributed by atoms with Crippen molar-refractivity contribution in [1.82, 2.24) is 14.9 Å². The van der Waals surface area contributed by atoms with Gasteiger partial charge in [-0.25, -0.2) is 9.97 Å². The molecule has 0 spiro atoms. The van der Waals surface area contributed by atoms with Crippen LogP contribution in [-0.2, 0) is 0 Å².